The van der Waals surface area contributed by atoms with E-state index in [1.54, 1.807) is 6.92 Å². The number of aryl methyl sites for hydroxylation is 3. The first kappa shape index (κ1) is 13.1. The van der Waals surface area contributed by atoms with Crippen molar-refractivity contribution in [3.63, 3.8) is 0 Å². The second-order valence-electron chi connectivity index (χ2n) is 4.33. The molecule has 0 fully saturated rings. The molecule has 1 aromatic heterocycles. The summed E-state index contributed by atoms with van der Waals surface area (Å²) < 4.78 is 1.88. The molecule has 92 valence electrons. The summed E-state index contributed by atoms with van der Waals surface area (Å²) in [4.78, 5) is 4.41. The minimum absolute atomic E-state index is 0.268. The van der Waals surface area contributed by atoms with Crippen LogP contribution in [0.2, 0.25) is 0 Å². The third-order valence-corrected chi connectivity index (χ3v) is 2.73. The molecule has 0 saturated heterocycles. The van der Waals surface area contributed by atoms with Gasteiger partial charge in [-0.2, -0.15) is 5.10 Å². The number of rotatable bonds is 6. The standard InChI is InChI=1S/C11H22N4O/c1-4-9-13-10(5-2)15(14-9)7-6-11(3,16)8-12/h16H,4-8,12H2,1-3H3. The van der Waals surface area contributed by atoms with Crippen LogP contribution in [0.25, 0.3) is 0 Å². The summed E-state index contributed by atoms with van der Waals surface area (Å²) in [5, 5.41) is 14.2. The van der Waals surface area contributed by atoms with Gasteiger partial charge in [-0.15, -0.1) is 0 Å². The second-order valence-corrected chi connectivity index (χ2v) is 4.33. The number of hydrogen-bond acceptors (Lipinski definition) is 4. The van der Waals surface area contributed by atoms with Gasteiger partial charge in [0, 0.05) is 25.9 Å². The number of hydrogen-bond donors (Lipinski definition) is 2. The summed E-state index contributed by atoms with van der Waals surface area (Å²) in [6.07, 6.45) is 2.30. The van der Waals surface area contributed by atoms with E-state index >= 15 is 0 Å². The Labute approximate surface area is 96.7 Å². The Morgan fingerprint density at radius 2 is 2.06 bits per heavy atom. The largest absolute Gasteiger partial charge is 0.389 e. The van der Waals surface area contributed by atoms with Gasteiger partial charge in [-0.05, 0) is 13.3 Å². The summed E-state index contributed by atoms with van der Waals surface area (Å²) in [5.74, 6) is 1.84. The van der Waals surface area contributed by atoms with E-state index in [9.17, 15) is 5.11 Å². The Hall–Kier alpha value is -0.940. The van der Waals surface area contributed by atoms with Gasteiger partial charge in [0.25, 0.3) is 0 Å². The molecule has 16 heavy (non-hydrogen) atoms. The minimum atomic E-state index is -0.816. The van der Waals surface area contributed by atoms with Crippen molar-refractivity contribution < 1.29 is 5.11 Å². The highest BCUT2D eigenvalue weighted by atomic mass is 16.3. The van der Waals surface area contributed by atoms with Gasteiger partial charge in [0.15, 0.2) is 5.82 Å². The topological polar surface area (TPSA) is 77.0 Å². The van der Waals surface area contributed by atoms with E-state index in [2.05, 4.69) is 17.0 Å². The van der Waals surface area contributed by atoms with E-state index in [4.69, 9.17) is 5.73 Å². The van der Waals surface area contributed by atoms with E-state index in [1.807, 2.05) is 11.6 Å². The van der Waals surface area contributed by atoms with Gasteiger partial charge in [-0.25, -0.2) is 9.67 Å². The molecule has 0 amide bonds. The molecular formula is C11H22N4O. The fraction of sp³-hybridized carbons (Fsp3) is 0.818. The molecule has 0 spiro atoms. The smallest absolute Gasteiger partial charge is 0.150 e. The zero-order valence-corrected chi connectivity index (χ0v) is 10.4. The second kappa shape index (κ2) is 5.41. The Kier molecular flexibility index (Phi) is 4.44. The Balaban J connectivity index is 2.69. The van der Waals surface area contributed by atoms with Crippen molar-refractivity contribution in [1.82, 2.24) is 14.8 Å². The molecule has 0 aliphatic carbocycles. The molecule has 1 heterocycles. The third kappa shape index (κ3) is 3.28. The third-order valence-electron chi connectivity index (χ3n) is 2.73. The van der Waals surface area contributed by atoms with Gasteiger partial charge >= 0.3 is 0 Å². The first-order valence-corrected chi connectivity index (χ1v) is 5.87. The predicted octanol–water partition coefficient (Wildman–Crippen LogP) is 0.503. The van der Waals surface area contributed by atoms with Gasteiger partial charge in [0.2, 0.25) is 0 Å². The predicted molar refractivity (Wildman–Crippen MR) is 63.1 cm³/mol. The lowest BCUT2D eigenvalue weighted by Crippen LogP contribution is -2.35. The van der Waals surface area contributed by atoms with Gasteiger partial charge in [-0.1, -0.05) is 13.8 Å². The molecule has 0 aliphatic rings. The van der Waals surface area contributed by atoms with Crippen LogP contribution in [0.5, 0.6) is 0 Å². The summed E-state index contributed by atoms with van der Waals surface area (Å²) in [6, 6.07) is 0. The highest BCUT2D eigenvalue weighted by molar-refractivity contribution is 4.93. The first-order chi connectivity index (χ1) is 7.52. The Morgan fingerprint density at radius 1 is 1.38 bits per heavy atom. The van der Waals surface area contributed by atoms with Crippen LogP contribution in [-0.4, -0.2) is 32.0 Å². The maximum absolute atomic E-state index is 9.83. The molecule has 5 nitrogen and oxygen atoms in total. The molecule has 0 aromatic carbocycles. The van der Waals surface area contributed by atoms with Crippen LogP contribution in [0.1, 0.15) is 38.8 Å². The lowest BCUT2D eigenvalue weighted by Gasteiger charge is -2.20. The number of nitrogens with zero attached hydrogens (tertiary/aromatic N) is 3. The normalized spacial score (nSPS) is 15.1. The average molecular weight is 226 g/mol. The number of aliphatic hydroxyl groups is 1. The lowest BCUT2D eigenvalue weighted by molar-refractivity contribution is 0.0540. The maximum atomic E-state index is 9.83. The van der Waals surface area contributed by atoms with Crippen LogP contribution in [0.15, 0.2) is 0 Å². The van der Waals surface area contributed by atoms with Crippen LogP contribution in [0.3, 0.4) is 0 Å². The maximum Gasteiger partial charge on any atom is 0.150 e. The molecule has 1 unspecified atom stereocenters. The molecule has 0 bridgehead atoms. The quantitative estimate of drug-likeness (QED) is 0.740. The fourth-order valence-electron chi connectivity index (χ4n) is 1.47. The molecule has 0 radical (unpaired) electrons. The van der Waals surface area contributed by atoms with Gasteiger partial charge < -0.3 is 10.8 Å². The molecule has 5 heteroatoms. The van der Waals surface area contributed by atoms with Crippen molar-refractivity contribution >= 4 is 0 Å². The highest BCUT2D eigenvalue weighted by Crippen LogP contribution is 2.10. The van der Waals surface area contributed by atoms with E-state index in [0.717, 1.165) is 24.5 Å². The minimum Gasteiger partial charge on any atom is -0.389 e. The van der Waals surface area contributed by atoms with Crippen LogP contribution in [0.4, 0.5) is 0 Å². The monoisotopic (exact) mass is 226 g/mol. The van der Waals surface area contributed by atoms with Gasteiger partial charge in [-0.3, -0.25) is 0 Å². The molecule has 1 rings (SSSR count). The van der Waals surface area contributed by atoms with Crippen LogP contribution >= 0.6 is 0 Å². The fourth-order valence-corrected chi connectivity index (χ4v) is 1.47. The van der Waals surface area contributed by atoms with Gasteiger partial charge in [0.1, 0.15) is 5.82 Å². The molecule has 0 saturated carbocycles. The van der Waals surface area contributed by atoms with Crippen molar-refractivity contribution in [2.45, 2.75) is 52.2 Å². The molecule has 1 atom stereocenters. The Morgan fingerprint density at radius 3 is 2.56 bits per heavy atom. The molecule has 0 aliphatic heterocycles. The van der Waals surface area contributed by atoms with Crippen molar-refractivity contribution in [2.24, 2.45) is 5.73 Å². The number of aromatic nitrogens is 3. The molecular weight excluding hydrogens is 204 g/mol. The molecule has 3 N–H and O–H groups in total. The first-order valence-electron chi connectivity index (χ1n) is 5.87. The van der Waals surface area contributed by atoms with Crippen molar-refractivity contribution in [1.29, 1.82) is 0 Å². The van der Waals surface area contributed by atoms with Gasteiger partial charge in [0.05, 0.1) is 5.60 Å². The lowest BCUT2D eigenvalue weighted by atomic mass is 10.0. The van der Waals surface area contributed by atoms with Crippen LogP contribution < -0.4 is 5.73 Å². The summed E-state index contributed by atoms with van der Waals surface area (Å²) in [5.41, 5.74) is 4.66. The SMILES string of the molecule is CCc1nc(CC)n(CCC(C)(O)CN)n1. The zero-order chi connectivity index (χ0) is 12.2. The summed E-state index contributed by atoms with van der Waals surface area (Å²) in [6.45, 7) is 6.77. The highest BCUT2D eigenvalue weighted by Gasteiger charge is 2.19. The Bertz CT molecular complexity index is 333. The van der Waals surface area contributed by atoms with Crippen molar-refractivity contribution in [3.05, 3.63) is 11.6 Å². The van der Waals surface area contributed by atoms with Crippen molar-refractivity contribution in [2.75, 3.05) is 6.54 Å². The summed E-state index contributed by atoms with van der Waals surface area (Å²) >= 11 is 0. The van der Waals surface area contributed by atoms with Crippen LogP contribution in [0, 0.1) is 0 Å². The van der Waals surface area contributed by atoms with E-state index in [1.165, 1.54) is 0 Å². The summed E-state index contributed by atoms with van der Waals surface area (Å²) in [7, 11) is 0. The number of nitrogens with two attached hydrogens (primary N) is 1. The molecule has 1 aromatic rings. The van der Waals surface area contributed by atoms with E-state index in [0.29, 0.717) is 13.0 Å². The average Bonchev–Trinajstić information content (AvgIpc) is 2.69. The van der Waals surface area contributed by atoms with E-state index < -0.39 is 5.60 Å². The van der Waals surface area contributed by atoms with Crippen molar-refractivity contribution in [3.8, 4) is 0 Å². The van der Waals surface area contributed by atoms with Crippen LogP contribution in [-0.2, 0) is 19.4 Å². The zero-order valence-electron chi connectivity index (χ0n) is 10.4. The van der Waals surface area contributed by atoms with E-state index in [-0.39, 0.29) is 6.54 Å².